The predicted molar refractivity (Wildman–Crippen MR) is 112 cm³/mol. The summed E-state index contributed by atoms with van der Waals surface area (Å²) < 4.78 is 5.70. The van der Waals surface area contributed by atoms with Gasteiger partial charge in [0.1, 0.15) is 12.4 Å². The first-order valence-electron chi connectivity index (χ1n) is 8.80. The van der Waals surface area contributed by atoms with Gasteiger partial charge in [-0.25, -0.2) is 0 Å². The lowest BCUT2D eigenvalue weighted by atomic mass is 10.2. The maximum absolute atomic E-state index is 9.53. The molecule has 0 amide bonds. The molecule has 0 fully saturated rings. The summed E-state index contributed by atoms with van der Waals surface area (Å²) in [4.78, 5) is 2.27. The van der Waals surface area contributed by atoms with Gasteiger partial charge in [0, 0.05) is 27.9 Å². The predicted octanol–water partition coefficient (Wildman–Crippen LogP) is 5.15. The molecule has 0 aliphatic rings. The Bertz CT molecular complexity index is 855. The fourth-order valence-electron chi connectivity index (χ4n) is 2.60. The SMILES string of the molecule is OCc1ccccc1Sc1ccccc1CNCCOc1ccc(Cl)cc1. The molecule has 0 radical (unpaired) electrons. The molecule has 140 valence electrons. The minimum atomic E-state index is 0.0472. The Balaban J connectivity index is 1.52. The zero-order valence-corrected chi connectivity index (χ0v) is 16.5. The van der Waals surface area contributed by atoms with Crippen molar-refractivity contribution in [2.75, 3.05) is 13.2 Å². The molecule has 0 aromatic heterocycles. The van der Waals surface area contributed by atoms with E-state index in [9.17, 15) is 5.11 Å². The topological polar surface area (TPSA) is 41.5 Å². The zero-order chi connectivity index (χ0) is 18.9. The normalized spacial score (nSPS) is 10.7. The van der Waals surface area contributed by atoms with Crippen molar-refractivity contribution in [3.8, 4) is 5.75 Å². The van der Waals surface area contributed by atoms with Crippen molar-refractivity contribution < 1.29 is 9.84 Å². The van der Waals surface area contributed by atoms with Crippen LogP contribution in [0.5, 0.6) is 5.75 Å². The van der Waals surface area contributed by atoms with Crippen LogP contribution < -0.4 is 10.1 Å². The van der Waals surface area contributed by atoms with Crippen molar-refractivity contribution in [2.24, 2.45) is 0 Å². The second-order valence-electron chi connectivity index (χ2n) is 5.95. The molecule has 5 heteroatoms. The van der Waals surface area contributed by atoms with Crippen molar-refractivity contribution in [1.82, 2.24) is 5.32 Å². The Morgan fingerprint density at radius 1 is 0.852 bits per heavy atom. The smallest absolute Gasteiger partial charge is 0.119 e. The summed E-state index contributed by atoms with van der Waals surface area (Å²) >= 11 is 7.56. The van der Waals surface area contributed by atoms with E-state index < -0.39 is 0 Å². The molecule has 0 unspecified atom stereocenters. The molecule has 3 rings (SSSR count). The van der Waals surface area contributed by atoms with Crippen LogP contribution in [-0.2, 0) is 13.2 Å². The van der Waals surface area contributed by atoms with E-state index in [1.54, 1.807) is 11.8 Å². The Morgan fingerprint density at radius 2 is 1.48 bits per heavy atom. The van der Waals surface area contributed by atoms with Gasteiger partial charge < -0.3 is 15.2 Å². The summed E-state index contributed by atoms with van der Waals surface area (Å²) in [6, 6.07) is 23.6. The number of benzene rings is 3. The van der Waals surface area contributed by atoms with Crippen LogP contribution in [0, 0.1) is 0 Å². The number of hydrogen-bond donors (Lipinski definition) is 2. The van der Waals surface area contributed by atoms with Crippen LogP contribution in [0.3, 0.4) is 0 Å². The van der Waals surface area contributed by atoms with Crippen LogP contribution in [0.25, 0.3) is 0 Å². The molecule has 0 spiro atoms. The third-order valence-electron chi connectivity index (χ3n) is 4.01. The van der Waals surface area contributed by atoms with Crippen molar-refractivity contribution in [2.45, 2.75) is 22.9 Å². The highest BCUT2D eigenvalue weighted by molar-refractivity contribution is 7.99. The van der Waals surface area contributed by atoms with Crippen molar-refractivity contribution in [3.05, 3.63) is 88.9 Å². The molecular formula is C22H22ClNO2S. The third-order valence-corrected chi connectivity index (χ3v) is 5.50. The molecular weight excluding hydrogens is 378 g/mol. The zero-order valence-electron chi connectivity index (χ0n) is 14.9. The number of ether oxygens (including phenoxy) is 1. The van der Waals surface area contributed by atoms with Gasteiger partial charge in [-0.3, -0.25) is 0 Å². The molecule has 0 saturated carbocycles. The lowest BCUT2D eigenvalue weighted by Gasteiger charge is -2.12. The molecule has 0 atom stereocenters. The van der Waals surface area contributed by atoms with Gasteiger partial charge in [0.05, 0.1) is 6.61 Å². The quantitative estimate of drug-likeness (QED) is 0.488. The molecule has 0 heterocycles. The molecule has 0 saturated heterocycles. The highest BCUT2D eigenvalue weighted by atomic mass is 35.5. The lowest BCUT2D eigenvalue weighted by molar-refractivity contribution is 0.279. The fraction of sp³-hybridized carbons (Fsp3) is 0.182. The molecule has 2 N–H and O–H groups in total. The summed E-state index contributed by atoms with van der Waals surface area (Å²) in [5.41, 5.74) is 2.17. The first-order chi connectivity index (χ1) is 13.3. The van der Waals surface area contributed by atoms with Gasteiger partial charge in [-0.1, -0.05) is 59.8 Å². The number of halogens is 1. The molecule has 27 heavy (non-hydrogen) atoms. The second kappa shape index (κ2) is 10.4. The van der Waals surface area contributed by atoms with E-state index in [0.717, 1.165) is 29.3 Å². The Labute approximate surface area is 169 Å². The minimum Gasteiger partial charge on any atom is -0.492 e. The highest BCUT2D eigenvalue weighted by Gasteiger charge is 2.07. The minimum absolute atomic E-state index is 0.0472. The van der Waals surface area contributed by atoms with E-state index in [2.05, 4.69) is 17.4 Å². The molecule has 0 bridgehead atoms. The van der Waals surface area contributed by atoms with Gasteiger partial charge in [-0.15, -0.1) is 0 Å². The molecule has 0 aliphatic heterocycles. The summed E-state index contributed by atoms with van der Waals surface area (Å²) in [6.45, 7) is 2.14. The van der Waals surface area contributed by atoms with Crippen LogP contribution in [0.15, 0.2) is 82.6 Å². The van der Waals surface area contributed by atoms with Gasteiger partial charge in [-0.05, 0) is 47.5 Å². The van der Waals surface area contributed by atoms with E-state index in [0.29, 0.717) is 11.6 Å². The van der Waals surface area contributed by atoms with Gasteiger partial charge in [0.2, 0.25) is 0 Å². The molecule has 3 aromatic rings. The van der Waals surface area contributed by atoms with Gasteiger partial charge in [-0.2, -0.15) is 0 Å². The number of hydrogen-bond acceptors (Lipinski definition) is 4. The Kier molecular flexibility index (Phi) is 7.60. The first kappa shape index (κ1) is 19.8. The van der Waals surface area contributed by atoms with Crippen LogP contribution >= 0.6 is 23.4 Å². The van der Waals surface area contributed by atoms with Crippen LogP contribution in [0.1, 0.15) is 11.1 Å². The molecule has 3 aromatic carbocycles. The number of rotatable bonds is 9. The maximum Gasteiger partial charge on any atom is 0.119 e. The van der Waals surface area contributed by atoms with E-state index in [-0.39, 0.29) is 6.61 Å². The largest absolute Gasteiger partial charge is 0.492 e. The van der Waals surface area contributed by atoms with Crippen LogP contribution in [0.2, 0.25) is 5.02 Å². The number of aliphatic hydroxyl groups excluding tert-OH is 1. The van der Waals surface area contributed by atoms with Crippen molar-refractivity contribution in [3.63, 3.8) is 0 Å². The maximum atomic E-state index is 9.53. The second-order valence-corrected chi connectivity index (χ2v) is 7.47. The number of nitrogens with one attached hydrogen (secondary N) is 1. The summed E-state index contributed by atoms with van der Waals surface area (Å²) in [5, 5.41) is 13.7. The highest BCUT2D eigenvalue weighted by Crippen LogP contribution is 2.32. The van der Waals surface area contributed by atoms with Gasteiger partial charge >= 0.3 is 0 Å². The standard InChI is InChI=1S/C22H22ClNO2S/c23-19-9-11-20(12-10-19)26-14-13-24-15-17-5-1-3-7-21(17)27-22-8-4-2-6-18(22)16-25/h1-12,24-25H,13-16H2. The average molecular weight is 400 g/mol. The van der Waals surface area contributed by atoms with Crippen molar-refractivity contribution >= 4 is 23.4 Å². The Hall–Kier alpha value is -1.98. The van der Waals surface area contributed by atoms with Crippen molar-refractivity contribution in [1.29, 1.82) is 0 Å². The van der Waals surface area contributed by atoms with E-state index in [1.807, 2.05) is 60.7 Å². The van der Waals surface area contributed by atoms with Gasteiger partial charge in [0.25, 0.3) is 0 Å². The van der Waals surface area contributed by atoms with Crippen LogP contribution in [0.4, 0.5) is 0 Å². The monoisotopic (exact) mass is 399 g/mol. The molecule has 0 aliphatic carbocycles. The van der Waals surface area contributed by atoms with E-state index >= 15 is 0 Å². The van der Waals surface area contributed by atoms with Crippen LogP contribution in [-0.4, -0.2) is 18.3 Å². The third kappa shape index (κ3) is 6.01. The summed E-state index contributed by atoms with van der Waals surface area (Å²) in [5.74, 6) is 0.817. The van der Waals surface area contributed by atoms with E-state index in [1.165, 1.54) is 10.5 Å². The van der Waals surface area contributed by atoms with Gasteiger partial charge in [0.15, 0.2) is 0 Å². The fourth-order valence-corrected chi connectivity index (χ4v) is 3.79. The van der Waals surface area contributed by atoms with E-state index in [4.69, 9.17) is 16.3 Å². The first-order valence-corrected chi connectivity index (χ1v) is 9.99. The number of aliphatic hydroxyl groups is 1. The summed E-state index contributed by atoms with van der Waals surface area (Å²) in [6.07, 6.45) is 0. The molecule has 3 nitrogen and oxygen atoms in total. The lowest BCUT2D eigenvalue weighted by Crippen LogP contribution is -2.20. The Morgan fingerprint density at radius 3 is 2.19 bits per heavy atom. The average Bonchev–Trinajstić information content (AvgIpc) is 2.71. The summed E-state index contributed by atoms with van der Waals surface area (Å²) in [7, 11) is 0.